The minimum atomic E-state index is -0.586. The van der Waals surface area contributed by atoms with Crippen LogP contribution in [0.4, 0.5) is 11.4 Å². The second kappa shape index (κ2) is 14.1. The molecule has 3 heterocycles. The molecule has 0 aliphatic carbocycles. The molecule has 0 saturated carbocycles. The molecule has 2 fully saturated rings. The van der Waals surface area contributed by atoms with E-state index in [2.05, 4.69) is 33.2 Å². The molecule has 0 radical (unpaired) electrons. The molecule has 2 aliphatic rings. The maximum Gasteiger partial charge on any atom is 0.252 e. The SMILES string of the molecule is CCOc1cc2ncc(C(N)=O)c(Nc3cccc(CNC(=O)[C@@H]4CC(C5CCNCC5)CN4)c3CC)c2cc1OCC. The number of primary amides is 1. The van der Waals surface area contributed by atoms with Crippen molar-refractivity contribution in [2.24, 2.45) is 17.6 Å². The lowest BCUT2D eigenvalue weighted by Crippen LogP contribution is -2.40. The lowest BCUT2D eigenvalue weighted by Gasteiger charge is -2.27. The fourth-order valence-electron chi connectivity index (χ4n) is 6.47. The number of carbonyl (C=O) groups excluding carboxylic acids is 2. The largest absolute Gasteiger partial charge is 0.490 e. The summed E-state index contributed by atoms with van der Waals surface area (Å²) in [7, 11) is 0. The summed E-state index contributed by atoms with van der Waals surface area (Å²) in [5.41, 5.74) is 10.2. The van der Waals surface area contributed by atoms with Gasteiger partial charge in [0.15, 0.2) is 11.5 Å². The summed E-state index contributed by atoms with van der Waals surface area (Å²) in [5, 5.41) is 14.3. The Hall–Kier alpha value is -3.89. The molecule has 1 unspecified atom stereocenters. The van der Waals surface area contributed by atoms with E-state index in [1.54, 1.807) is 0 Å². The smallest absolute Gasteiger partial charge is 0.252 e. The number of rotatable bonds is 12. The molecule has 1 aromatic heterocycles. The molecule has 6 N–H and O–H groups in total. The van der Waals surface area contributed by atoms with E-state index in [9.17, 15) is 9.59 Å². The van der Waals surface area contributed by atoms with E-state index in [-0.39, 0.29) is 17.5 Å². The fourth-order valence-corrected chi connectivity index (χ4v) is 6.47. The van der Waals surface area contributed by atoms with Crippen molar-refractivity contribution in [2.45, 2.75) is 59.0 Å². The zero-order valence-corrected chi connectivity index (χ0v) is 25.4. The van der Waals surface area contributed by atoms with Crippen molar-refractivity contribution in [2.75, 3.05) is 38.2 Å². The molecule has 230 valence electrons. The summed E-state index contributed by atoms with van der Waals surface area (Å²) < 4.78 is 11.6. The maximum atomic E-state index is 13.2. The van der Waals surface area contributed by atoms with Crippen molar-refractivity contribution in [1.82, 2.24) is 20.9 Å². The highest BCUT2D eigenvalue weighted by molar-refractivity contribution is 6.08. The standard InChI is InChI=1S/C33H44N6O4/c1-4-23-21(17-38-33(41)28-14-22(18-36-28)20-10-12-35-13-11-20)8-7-9-26(23)39-31-24-15-29(42-5-2)30(43-6-3)16-27(24)37-19-25(31)32(34)40/h7-9,15-16,19-20,22,28,35-36H,4-6,10-14,17-18H2,1-3H3,(H2,34,40)(H,37,39)(H,38,41)/t22?,28-/m0/s1. The Morgan fingerprint density at radius 2 is 1.79 bits per heavy atom. The van der Waals surface area contributed by atoms with E-state index in [0.717, 1.165) is 49.3 Å². The van der Waals surface area contributed by atoms with Crippen LogP contribution < -0.4 is 36.5 Å². The van der Waals surface area contributed by atoms with Crippen LogP contribution in [0.15, 0.2) is 36.5 Å². The van der Waals surface area contributed by atoms with Gasteiger partial charge in [-0.25, -0.2) is 0 Å². The number of pyridine rings is 1. The van der Waals surface area contributed by atoms with Gasteiger partial charge in [-0.05, 0) is 94.3 Å². The van der Waals surface area contributed by atoms with Gasteiger partial charge in [0.05, 0.1) is 36.0 Å². The molecule has 0 bridgehead atoms. The van der Waals surface area contributed by atoms with Crippen LogP contribution in [0, 0.1) is 11.8 Å². The van der Waals surface area contributed by atoms with Gasteiger partial charge in [-0.3, -0.25) is 14.6 Å². The molecule has 0 spiro atoms. The van der Waals surface area contributed by atoms with Crippen LogP contribution in [0.2, 0.25) is 0 Å². The number of piperidine rings is 1. The number of anilines is 2. The highest BCUT2D eigenvalue weighted by Gasteiger charge is 2.34. The van der Waals surface area contributed by atoms with Crippen LogP contribution in [-0.2, 0) is 17.8 Å². The topological polar surface area (TPSA) is 140 Å². The molecule has 10 nitrogen and oxygen atoms in total. The molecule has 5 rings (SSSR count). The summed E-state index contributed by atoms with van der Waals surface area (Å²) in [6.45, 7) is 10.3. The van der Waals surface area contributed by atoms with Gasteiger partial charge >= 0.3 is 0 Å². The Bertz CT molecular complexity index is 1460. The molecule has 2 aromatic carbocycles. The lowest BCUT2D eigenvalue weighted by molar-refractivity contribution is -0.123. The Labute approximate surface area is 253 Å². The van der Waals surface area contributed by atoms with Gasteiger partial charge < -0.3 is 36.5 Å². The first-order valence-electron chi connectivity index (χ1n) is 15.5. The number of hydrogen-bond acceptors (Lipinski definition) is 8. The van der Waals surface area contributed by atoms with Crippen molar-refractivity contribution in [3.8, 4) is 11.5 Å². The summed E-state index contributed by atoms with van der Waals surface area (Å²) in [4.78, 5) is 30.2. The van der Waals surface area contributed by atoms with Gasteiger partial charge in [0.2, 0.25) is 5.91 Å². The van der Waals surface area contributed by atoms with Crippen molar-refractivity contribution in [1.29, 1.82) is 0 Å². The van der Waals surface area contributed by atoms with Crippen LogP contribution in [0.1, 0.15) is 61.5 Å². The third-order valence-corrected chi connectivity index (χ3v) is 8.67. The van der Waals surface area contributed by atoms with E-state index < -0.39 is 5.91 Å². The first-order valence-corrected chi connectivity index (χ1v) is 15.5. The summed E-state index contributed by atoms with van der Waals surface area (Å²) in [6.07, 6.45) is 5.47. The summed E-state index contributed by atoms with van der Waals surface area (Å²) in [6, 6.07) is 9.46. The minimum Gasteiger partial charge on any atom is -0.490 e. The second-order valence-electron chi connectivity index (χ2n) is 11.3. The number of nitrogens with zero attached hydrogens (tertiary/aromatic N) is 1. The van der Waals surface area contributed by atoms with Crippen molar-refractivity contribution >= 4 is 34.1 Å². The Balaban J connectivity index is 1.38. The van der Waals surface area contributed by atoms with E-state index in [0.29, 0.717) is 59.7 Å². The second-order valence-corrected chi connectivity index (χ2v) is 11.3. The average molecular weight is 589 g/mol. The lowest BCUT2D eigenvalue weighted by atomic mass is 9.83. The summed E-state index contributed by atoms with van der Waals surface area (Å²) >= 11 is 0. The molecule has 2 aliphatic heterocycles. The number of fused-ring (bicyclic) bond motifs is 1. The summed E-state index contributed by atoms with van der Waals surface area (Å²) in [5.74, 6) is 1.86. The quantitative estimate of drug-likeness (QED) is 0.214. The Morgan fingerprint density at radius 3 is 2.49 bits per heavy atom. The van der Waals surface area contributed by atoms with Crippen molar-refractivity contribution in [3.05, 3.63) is 53.2 Å². The van der Waals surface area contributed by atoms with Crippen LogP contribution in [0.25, 0.3) is 10.9 Å². The number of amides is 2. The maximum absolute atomic E-state index is 13.2. The van der Waals surface area contributed by atoms with Gasteiger partial charge in [-0.2, -0.15) is 0 Å². The number of hydrogen-bond donors (Lipinski definition) is 5. The Kier molecular flexibility index (Phi) is 9.99. The van der Waals surface area contributed by atoms with Gasteiger partial charge in [0.25, 0.3) is 5.91 Å². The molecular weight excluding hydrogens is 544 g/mol. The first kappa shape index (κ1) is 30.6. The Morgan fingerprint density at radius 1 is 1.05 bits per heavy atom. The number of aromatic nitrogens is 1. The number of carbonyl (C=O) groups is 2. The predicted octanol–water partition coefficient (Wildman–Crippen LogP) is 4.03. The van der Waals surface area contributed by atoms with Crippen LogP contribution in [-0.4, -0.2) is 55.7 Å². The third-order valence-electron chi connectivity index (χ3n) is 8.67. The molecule has 2 saturated heterocycles. The van der Waals surface area contributed by atoms with E-state index in [4.69, 9.17) is 15.2 Å². The number of nitrogens with two attached hydrogens (primary N) is 1. The average Bonchev–Trinajstić information content (AvgIpc) is 3.52. The highest BCUT2D eigenvalue weighted by Crippen LogP contribution is 2.38. The molecule has 10 heteroatoms. The fraction of sp³-hybridized carbons (Fsp3) is 0.485. The molecule has 3 aromatic rings. The van der Waals surface area contributed by atoms with Crippen molar-refractivity contribution < 1.29 is 19.1 Å². The minimum absolute atomic E-state index is 0.0431. The van der Waals surface area contributed by atoms with E-state index in [1.807, 2.05) is 44.2 Å². The molecule has 2 atom stereocenters. The predicted molar refractivity (Wildman–Crippen MR) is 169 cm³/mol. The van der Waals surface area contributed by atoms with Crippen LogP contribution >= 0.6 is 0 Å². The zero-order valence-electron chi connectivity index (χ0n) is 25.4. The van der Waals surface area contributed by atoms with Crippen LogP contribution in [0.3, 0.4) is 0 Å². The molecule has 2 amide bonds. The van der Waals surface area contributed by atoms with Crippen LogP contribution in [0.5, 0.6) is 11.5 Å². The monoisotopic (exact) mass is 588 g/mol. The number of ether oxygens (including phenoxy) is 2. The zero-order chi connectivity index (χ0) is 30.3. The van der Waals surface area contributed by atoms with Gasteiger partial charge in [0, 0.05) is 29.9 Å². The van der Waals surface area contributed by atoms with Crippen molar-refractivity contribution in [3.63, 3.8) is 0 Å². The number of benzene rings is 2. The van der Waals surface area contributed by atoms with E-state index in [1.165, 1.54) is 19.0 Å². The molecular formula is C33H44N6O4. The third kappa shape index (κ3) is 6.86. The highest BCUT2D eigenvalue weighted by atomic mass is 16.5. The van der Waals surface area contributed by atoms with Gasteiger partial charge in [-0.1, -0.05) is 19.1 Å². The first-order chi connectivity index (χ1) is 20.9. The normalized spacial score (nSPS) is 18.9. The van der Waals surface area contributed by atoms with Gasteiger partial charge in [0.1, 0.15) is 0 Å². The molecule has 43 heavy (non-hydrogen) atoms. The van der Waals surface area contributed by atoms with Gasteiger partial charge in [-0.15, -0.1) is 0 Å². The van der Waals surface area contributed by atoms with E-state index >= 15 is 0 Å². The number of nitrogens with one attached hydrogen (secondary N) is 4.